The fraction of sp³-hybridized carbons (Fsp3) is 0.381. The normalized spacial score (nSPS) is 17.4. The average molecular weight is 339 g/mol. The largest absolute Gasteiger partial charge is 0.496 e. The molecule has 0 fully saturated rings. The number of methoxy groups -OCH3 is 1. The molecule has 4 nitrogen and oxygen atoms in total. The molecule has 2 aromatic rings. The van der Waals surface area contributed by atoms with Gasteiger partial charge < -0.3 is 14.8 Å². The first-order valence-electron chi connectivity index (χ1n) is 8.78. The Balaban J connectivity index is 1.57. The number of carbonyl (C=O) groups is 1. The molecule has 0 aliphatic carbocycles. The van der Waals surface area contributed by atoms with Crippen molar-refractivity contribution in [3.8, 4) is 5.75 Å². The molecule has 25 heavy (non-hydrogen) atoms. The highest BCUT2D eigenvalue weighted by Crippen LogP contribution is 2.29. The number of fused-ring (bicyclic) bond motifs is 1. The molecule has 1 amide bonds. The highest BCUT2D eigenvalue weighted by Gasteiger charge is 2.23. The Kier molecular flexibility index (Phi) is 5.71. The summed E-state index contributed by atoms with van der Waals surface area (Å²) in [4.78, 5) is 12.4. The summed E-state index contributed by atoms with van der Waals surface area (Å²) in [5, 5.41) is 3.04. The van der Waals surface area contributed by atoms with Gasteiger partial charge in [0.25, 0.3) is 0 Å². The maximum absolute atomic E-state index is 12.4. The fourth-order valence-electron chi connectivity index (χ4n) is 3.34. The van der Waals surface area contributed by atoms with Gasteiger partial charge in [0, 0.05) is 12.5 Å². The van der Waals surface area contributed by atoms with Crippen molar-refractivity contribution in [3.05, 3.63) is 65.2 Å². The van der Waals surface area contributed by atoms with E-state index in [2.05, 4.69) is 24.4 Å². The van der Waals surface area contributed by atoms with Crippen molar-refractivity contribution in [2.75, 3.05) is 20.3 Å². The Morgan fingerprint density at radius 1 is 1.24 bits per heavy atom. The third kappa shape index (κ3) is 4.20. The molecule has 0 aromatic heterocycles. The summed E-state index contributed by atoms with van der Waals surface area (Å²) in [5.74, 6) is 1.05. The van der Waals surface area contributed by atoms with Crippen LogP contribution in [0.2, 0.25) is 0 Å². The predicted molar refractivity (Wildman–Crippen MR) is 97.9 cm³/mol. The van der Waals surface area contributed by atoms with E-state index < -0.39 is 0 Å². The zero-order chi connectivity index (χ0) is 17.6. The Hall–Kier alpha value is -2.33. The lowest BCUT2D eigenvalue weighted by atomic mass is 9.95. The van der Waals surface area contributed by atoms with Crippen LogP contribution in [-0.2, 0) is 16.0 Å². The number of carbonyl (C=O) groups excluding carboxylic acids is 1. The van der Waals surface area contributed by atoms with Crippen LogP contribution >= 0.6 is 0 Å². The molecular weight excluding hydrogens is 314 g/mol. The molecule has 0 saturated heterocycles. The number of rotatable bonds is 6. The third-order valence-electron chi connectivity index (χ3n) is 4.74. The molecule has 4 heteroatoms. The van der Waals surface area contributed by atoms with Crippen molar-refractivity contribution in [1.29, 1.82) is 0 Å². The third-order valence-corrected chi connectivity index (χ3v) is 4.74. The monoisotopic (exact) mass is 339 g/mol. The molecular formula is C21H25NO3. The number of ether oxygens (including phenoxy) is 2. The lowest BCUT2D eigenvalue weighted by Gasteiger charge is -2.26. The van der Waals surface area contributed by atoms with Crippen LogP contribution in [0.5, 0.6) is 5.75 Å². The Morgan fingerprint density at radius 2 is 2.00 bits per heavy atom. The van der Waals surface area contributed by atoms with Gasteiger partial charge in [-0.3, -0.25) is 4.79 Å². The SMILES string of the molecule is COc1ccccc1[C@@H](C)CNC(=O)C[C@@H]1OCCc2ccccc21. The van der Waals surface area contributed by atoms with E-state index in [0.29, 0.717) is 19.6 Å². The highest BCUT2D eigenvalue weighted by atomic mass is 16.5. The van der Waals surface area contributed by atoms with E-state index in [1.807, 2.05) is 36.4 Å². The quantitative estimate of drug-likeness (QED) is 0.874. The van der Waals surface area contributed by atoms with Crippen LogP contribution in [-0.4, -0.2) is 26.2 Å². The van der Waals surface area contributed by atoms with Crippen LogP contribution in [0.1, 0.15) is 42.1 Å². The lowest BCUT2D eigenvalue weighted by molar-refractivity contribution is -0.124. The molecule has 3 rings (SSSR count). The minimum absolute atomic E-state index is 0.0171. The summed E-state index contributed by atoms with van der Waals surface area (Å²) in [6.07, 6.45) is 1.13. The van der Waals surface area contributed by atoms with E-state index in [0.717, 1.165) is 23.3 Å². The summed E-state index contributed by atoms with van der Waals surface area (Å²) in [6, 6.07) is 16.1. The number of nitrogens with one attached hydrogen (secondary N) is 1. The Labute approximate surface area is 149 Å². The summed E-state index contributed by atoms with van der Waals surface area (Å²) < 4.78 is 11.2. The van der Waals surface area contributed by atoms with Gasteiger partial charge in [-0.05, 0) is 29.2 Å². The van der Waals surface area contributed by atoms with E-state index in [-0.39, 0.29) is 17.9 Å². The van der Waals surface area contributed by atoms with Gasteiger partial charge in [-0.2, -0.15) is 0 Å². The zero-order valence-electron chi connectivity index (χ0n) is 14.8. The van der Waals surface area contributed by atoms with Crippen LogP contribution < -0.4 is 10.1 Å². The van der Waals surface area contributed by atoms with Gasteiger partial charge in [-0.15, -0.1) is 0 Å². The summed E-state index contributed by atoms with van der Waals surface area (Å²) in [5.41, 5.74) is 3.53. The van der Waals surface area contributed by atoms with Gasteiger partial charge in [0.2, 0.25) is 5.91 Å². The van der Waals surface area contributed by atoms with Gasteiger partial charge in [0.05, 0.1) is 26.2 Å². The van der Waals surface area contributed by atoms with E-state index >= 15 is 0 Å². The van der Waals surface area contributed by atoms with Crippen LogP contribution in [0.15, 0.2) is 48.5 Å². The molecule has 0 saturated carbocycles. The number of hydrogen-bond acceptors (Lipinski definition) is 3. The van der Waals surface area contributed by atoms with Gasteiger partial charge in [-0.1, -0.05) is 49.4 Å². The fourth-order valence-corrected chi connectivity index (χ4v) is 3.34. The molecule has 0 radical (unpaired) electrons. The van der Waals surface area contributed by atoms with Gasteiger partial charge in [-0.25, -0.2) is 0 Å². The second-order valence-electron chi connectivity index (χ2n) is 6.46. The highest BCUT2D eigenvalue weighted by molar-refractivity contribution is 5.76. The zero-order valence-corrected chi connectivity index (χ0v) is 14.8. The first-order valence-corrected chi connectivity index (χ1v) is 8.78. The molecule has 2 atom stereocenters. The molecule has 1 aliphatic rings. The van der Waals surface area contributed by atoms with Gasteiger partial charge >= 0.3 is 0 Å². The summed E-state index contributed by atoms with van der Waals surface area (Å²) in [7, 11) is 1.67. The van der Waals surface area contributed by atoms with Crippen molar-refractivity contribution < 1.29 is 14.3 Å². The van der Waals surface area contributed by atoms with Crippen LogP contribution in [0, 0.1) is 0 Å². The molecule has 0 unspecified atom stereocenters. The van der Waals surface area contributed by atoms with Crippen molar-refractivity contribution in [3.63, 3.8) is 0 Å². The van der Waals surface area contributed by atoms with E-state index in [1.54, 1.807) is 7.11 Å². The molecule has 0 bridgehead atoms. The number of amides is 1. The molecule has 132 valence electrons. The molecule has 2 aromatic carbocycles. The maximum Gasteiger partial charge on any atom is 0.222 e. The van der Waals surface area contributed by atoms with Crippen LogP contribution in [0.25, 0.3) is 0 Å². The minimum atomic E-state index is -0.147. The molecule has 1 heterocycles. The second-order valence-corrected chi connectivity index (χ2v) is 6.46. The standard InChI is InChI=1S/C21H25NO3/c1-15(17-8-5-6-10-19(17)24-2)14-22-21(23)13-20-18-9-4-3-7-16(18)11-12-25-20/h3-10,15,20H,11-14H2,1-2H3,(H,22,23)/t15-,20-/m0/s1. The molecule has 1 N–H and O–H groups in total. The number of benzene rings is 2. The van der Waals surface area contributed by atoms with Crippen LogP contribution in [0.4, 0.5) is 0 Å². The van der Waals surface area contributed by atoms with Gasteiger partial charge in [0.1, 0.15) is 5.75 Å². The molecule has 1 aliphatic heterocycles. The van der Waals surface area contributed by atoms with E-state index in [9.17, 15) is 4.79 Å². The predicted octanol–water partition coefficient (Wildman–Crippen LogP) is 3.62. The maximum atomic E-state index is 12.4. The Morgan fingerprint density at radius 3 is 2.84 bits per heavy atom. The van der Waals surface area contributed by atoms with Crippen molar-refractivity contribution in [1.82, 2.24) is 5.32 Å². The summed E-state index contributed by atoms with van der Waals surface area (Å²) >= 11 is 0. The second kappa shape index (κ2) is 8.17. The smallest absolute Gasteiger partial charge is 0.222 e. The Bertz CT molecular complexity index is 729. The number of para-hydroxylation sites is 1. The first kappa shape index (κ1) is 17.5. The molecule has 0 spiro atoms. The van der Waals surface area contributed by atoms with Crippen molar-refractivity contribution in [2.24, 2.45) is 0 Å². The van der Waals surface area contributed by atoms with Crippen molar-refractivity contribution >= 4 is 5.91 Å². The first-order chi connectivity index (χ1) is 12.2. The van der Waals surface area contributed by atoms with Gasteiger partial charge in [0.15, 0.2) is 0 Å². The minimum Gasteiger partial charge on any atom is -0.496 e. The lowest BCUT2D eigenvalue weighted by Crippen LogP contribution is -2.30. The summed E-state index contributed by atoms with van der Waals surface area (Å²) in [6.45, 7) is 3.34. The average Bonchev–Trinajstić information content (AvgIpc) is 2.66. The van der Waals surface area contributed by atoms with E-state index in [1.165, 1.54) is 5.56 Å². The topological polar surface area (TPSA) is 47.6 Å². The van der Waals surface area contributed by atoms with Crippen molar-refractivity contribution in [2.45, 2.75) is 31.8 Å². The van der Waals surface area contributed by atoms with E-state index in [4.69, 9.17) is 9.47 Å². The number of hydrogen-bond donors (Lipinski definition) is 1. The van der Waals surface area contributed by atoms with Crippen LogP contribution in [0.3, 0.4) is 0 Å².